The predicted molar refractivity (Wildman–Crippen MR) is 120 cm³/mol. The Balaban J connectivity index is 1.57. The Morgan fingerprint density at radius 2 is 1.80 bits per heavy atom. The Labute approximate surface area is 175 Å². The number of fused-ring (bicyclic) bond motifs is 2. The summed E-state index contributed by atoms with van der Waals surface area (Å²) in [5.41, 5.74) is 4.35. The summed E-state index contributed by atoms with van der Waals surface area (Å²) in [7, 11) is 1.87. The smallest absolute Gasteiger partial charge is 0.163 e. The lowest BCUT2D eigenvalue weighted by molar-refractivity contribution is 0.407. The minimum absolute atomic E-state index is 0.139. The average molecular weight is 403 g/mol. The largest absolute Gasteiger partial charge is 0.507 e. The highest BCUT2D eigenvalue weighted by Gasteiger charge is 2.22. The van der Waals surface area contributed by atoms with Crippen LogP contribution < -0.4 is 10.2 Å². The topological polar surface area (TPSA) is 79.1 Å². The zero-order valence-electron chi connectivity index (χ0n) is 17.7. The van der Waals surface area contributed by atoms with Gasteiger partial charge in [-0.3, -0.25) is 4.68 Å². The van der Waals surface area contributed by atoms with Crippen molar-refractivity contribution >= 4 is 27.5 Å². The van der Waals surface area contributed by atoms with Crippen molar-refractivity contribution in [2.75, 3.05) is 18.0 Å². The zero-order valence-corrected chi connectivity index (χ0v) is 17.7. The third kappa shape index (κ3) is 3.25. The summed E-state index contributed by atoms with van der Waals surface area (Å²) in [5, 5.41) is 20.5. The van der Waals surface area contributed by atoms with Gasteiger partial charge in [0.2, 0.25) is 0 Å². The first-order valence-corrected chi connectivity index (χ1v) is 10.3. The number of aromatic hydroxyl groups is 1. The summed E-state index contributed by atoms with van der Waals surface area (Å²) in [6.45, 7) is 8.39. The van der Waals surface area contributed by atoms with Gasteiger partial charge in [-0.25, -0.2) is 9.97 Å². The van der Waals surface area contributed by atoms with Gasteiger partial charge in [-0.1, -0.05) is 0 Å². The first-order chi connectivity index (χ1) is 14.4. The zero-order chi connectivity index (χ0) is 21.0. The van der Waals surface area contributed by atoms with Gasteiger partial charge >= 0.3 is 0 Å². The van der Waals surface area contributed by atoms with Crippen molar-refractivity contribution in [2.24, 2.45) is 7.05 Å². The number of benzene rings is 2. The molecule has 2 unspecified atom stereocenters. The number of aryl methyl sites for hydroxylation is 2. The normalized spacial score (nSPS) is 19.7. The van der Waals surface area contributed by atoms with Crippen molar-refractivity contribution in [3.05, 3.63) is 42.2 Å². The van der Waals surface area contributed by atoms with E-state index in [1.165, 1.54) is 5.69 Å². The van der Waals surface area contributed by atoms with E-state index in [-0.39, 0.29) is 5.75 Å². The summed E-state index contributed by atoms with van der Waals surface area (Å²) in [6, 6.07) is 10.8. The van der Waals surface area contributed by atoms with Crippen LogP contribution in [-0.4, -0.2) is 50.0 Å². The van der Waals surface area contributed by atoms with E-state index < -0.39 is 0 Å². The van der Waals surface area contributed by atoms with Gasteiger partial charge in [0.25, 0.3) is 0 Å². The van der Waals surface area contributed by atoms with E-state index >= 15 is 0 Å². The monoisotopic (exact) mass is 402 g/mol. The minimum atomic E-state index is 0.139. The van der Waals surface area contributed by atoms with E-state index in [1.54, 1.807) is 10.7 Å². The van der Waals surface area contributed by atoms with Crippen molar-refractivity contribution in [1.29, 1.82) is 0 Å². The lowest BCUT2D eigenvalue weighted by atomic mass is 10.1. The quantitative estimate of drug-likeness (QED) is 0.535. The number of anilines is 1. The SMILES string of the molecule is Cc1nc(-c2cc3cn(C)nc3cc2O)nc2ccc(N3CC(C)NC(C)C3)cc12. The fourth-order valence-electron chi connectivity index (χ4n) is 4.49. The molecule has 5 rings (SSSR count). The Kier molecular flexibility index (Phi) is 4.36. The highest BCUT2D eigenvalue weighted by atomic mass is 16.3. The summed E-state index contributed by atoms with van der Waals surface area (Å²) in [6.07, 6.45) is 1.92. The maximum atomic E-state index is 10.6. The summed E-state index contributed by atoms with van der Waals surface area (Å²) < 4.78 is 1.74. The van der Waals surface area contributed by atoms with Crippen LogP contribution in [0.25, 0.3) is 33.2 Å². The number of hydrogen-bond donors (Lipinski definition) is 2. The molecule has 1 saturated heterocycles. The molecule has 30 heavy (non-hydrogen) atoms. The number of aromatic nitrogens is 4. The number of nitrogens with zero attached hydrogens (tertiary/aromatic N) is 5. The van der Waals surface area contributed by atoms with Gasteiger partial charge in [-0.15, -0.1) is 0 Å². The summed E-state index contributed by atoms with van der Waals surface area (Å²) in [5.74, 6) is 0.667. The van der Waals surface area contributed by atoms with Gasteiger partial charge in [0.1, 0.15) is 5.75 Å². The summed E-state index contributed by atoms with van der Waals surface area (Å²) in [4.78, 5) is 11.9. The fraction of sp³-hybridized carbons (Fsp3) is 0.348. The van der Waals surface area contributed by atoms with E-state index in [4.69, 9.17) is 9.97 Å². The van der Waals surface area contributed by atoms with E-state index in [2.05, 4.69) is 47.4 Å². The maximum Gasteiger partial charge on any atom is 0.163 e. The fourth-order valence-corrected chi connectivity index (χ4v) is 4.49. The molecule has 0 amide bonds. The molecule has 7 nitrogen and oxygen atoms in total. The molecule has 2 atom stereocenters. The molecule has 7 heteroatoms. The molecule has 2 N–H and O–H groups in total. The van der Waals surface area contributed by atoms with Crippen molar-refractivity contribution in [3.8, 4) is 17.1 Å². The van der Waals surface area contributed by atoms with Crippen LogP contribution in [0.5, 0.6) is 5.75 Å². The number of nitrogens with one attached hydrogen (secondary N) is 1. The molecule has 0 radical (unpaired) electrons. The molecule has 4 aromatic rings. The van der Waals surface area contributed by atoms with Crippen LogP contribution in [0.1, 0.15) is 19.5 Å². The van der Waals surface area contributed by atoms with Gasteiger partial charge in [-0.2, -0.15) is 5.10 Å². The average Bonchev–Trinajstić information content (AvgIpc) is 3.05. The molecule has 1 aliphatic rings. The molecule has 2 aromatic heterocycles. The van der Waals surface area contributed by atoms with Crippen molar-refractivity contribution < 1.29 is 5.11 Å². The molecule has 2 aromatic carbocycles. The molecular formula is C23H26N6O. The Morgan fingerprint density at radius 1 is 1.03 bits per heavy atom. The third-order valence-electron chi connectivity index (χ3n) is 5.77. The van der Waals surface area contributed by atoms with Crippen molar-refractivity contribution in [3.63, 3.8) is 0 Å². The second-order valence-electron chi connectivity index (χ2n) is 8.44. The second-order valence-corrected chi connectivity index (χ2v) is 8.44. The second kappa shape index (κ2) is 6.95. The van der Waals surface area contributed by atoms with E-state index in [9.17, 15) is 5.11 Å². The number of piperazine rings is 1. The van der Waals surface area contributed by atoms with Crippen LogP contribution in [0.4, 0.5) is 5.69 Å². The Morgan fingerprint density at radius 3 is 2.57 bits per heavy atom. The van der Waals surface area contributed by atoms with Crippen LogP contribution in [-0.2, 0) is 7.05 Å². The Hall–Kier alpha value is -3.19. The molecule has 0 spiro atoms. The van der Waals surface area contributed by atoms with Crippen LogP contribution in [0.2, 0.25) is 0 Å². The number of phenolic OH excluding ortho intramolecular Hbond substituents is 1. The van der Waals surface area contributed by atoms with E-state index in [0.29, 0.717) is 23.5 Å². The highest BCUT2D eigenvalue weighted by molar-refractivity contribution is 5.89. The molecule has 0 aliphatic carbocycles. The van der Waals surface area contributed by atoms with Crippen LogP contribution >= 0.6 is 0 Å². The Bertz CT molecular complexity index is 1250. The third-order valence-corrected chi connectivity index (χ3v) is 5.77. The lowest BCUT2D eigenvalue weighted by Crippen LogP contribution is -2.54. The first-order valence-electron chi connectivity index (χ1n) is 10.3. The van der Waals surface area contributed by atoms with Gasteiger partial charge in [0.15, 0.2) is 5.82 Å². The summed E-state index contributed by atoms with van der Waals surface area (Å²) >= 11 is 0. The highest BCUT2D eigenvalue weighted by Crippen LogP contribution is 2.33. The molecule has 3 heterocycles. The molecule has 0 saturated carbocycles. The van der Waals surface area contributed by atoms with Gasteiger partial charge < -0.3 is 15.3 Å². The molecule has 1 aliphatic heterocycles. The van der Waals surface area contributed by atoms with Crippen molar-refractivity contribution in [2.45, 2.75) is 32.9 Å². The van der Waals surface area contributed by atoms with Gasteiger partial charge in [-0.05, 0) is 45.0 Å². The van der Waals surface area contributed by atoms with Gasteiger partial charge in [0, 0.05) is 66.6 Å². The predicted octanol–water partition coefficient (Wildman–Crippen LogP) is 3.38. The van der Waals surface area contributed by atoms with E-state index in [1.807, 2.05) is 26.2 Å². The number of rotatable bonds is 2. The maximum absolute atomic E-state index is 10.6. The number of hydrogen-bond acceptors (Lipinski definition) is 6. The van der Waals surface area contributed by atoms with Gasteiger partial charge in [0.05, 0.1) is 16.6 Å². The molecular weight excluding hydrogens is 376 g/mol. The molecule has 0 bridgehead atoms. The van der Waals surface area contributed by atoms with Crippen LogP contribution in [0.3, 0.4) is 0 Å². The van der Waals surface area contributed by atoms with E-state index in [0.717, 1.165) is 40.6 Å². The first kappa shape index (κ1) is 18.8. The standard InChI is InChI=1S/C23H26N6O/c1-13-10-29(11-14(2)24-13)17-5-6-20-18(8-17)15(3)25-23(26-20)19-7-16-12-28(4)27-21(16)9-22(19)30/h5-9,12-14,24,30H,10-11H2,1-4H3. The minimum Gasteiger partial charge on any atom is -0.507 e. The molecule has 1 fully saturated rings. The number of phenols is 1. The molecule has 154 valence electrons. The van der Waals surface area contributed by atoms with Crippen molar-refractivity contribution in [1.82, 2.24) is 25.1 Å². The van der Waals surface area contributed by atoms with Crippen LogP contribution in [0.15, 0.2) is 36.5 Å². The lowest BCUT2D eigenvalue weighted by Gasteiger charge is -2.37. The van der Waals surface area contributed by atoms with Crippen LogP contribution in [0, 0.1) is 6.92 Å².